The van der Waals surface area contributed by atoms with Gasteiger partial charge in [0.15, 0.2) is 6.61 Å². The average Bonchev–Trinajstić information content (AvgIpc) is 2.59. The number of hydrogen-bond donors (Lipinski definition) is 0. The van der Waals surface area contributed by atoms with E-state index in [-0.39, 0.29) is 24.4 Å². The van der Waals surface area contributed by atoms with Gasteiger partial charge in [0.2, 0.25) is 0 Å². The number of hydrogen-bond acceptors (Lipinski definition) is 3. The molecule has 4 nitrogen and oxygen atoms in total. The van der Waals surface area contributed by atoms with Gasteiger partial charge in [0.05, 0.1) is 13.2 Å². The van der Waals surface area contributed by atoms with Crippen molar-refractivity contribution in [3.63, 3.8) is 0 Å². The lowest BCUT2D eigenvalue weighted by molar-refractivity contribution is -0.134. The third-order valence-corrected chi connectivity index (χ3v) is 3.75. The maximum absolute atomic E-state index is 12.8. The summed E-state index contributed by atoms with van der Waals surface area (Å²) in [6.07, 6.45) is 0. The number of amides is 1. The lowest BCUT2D eigenvalue weighted by Crippen LogP contribution is -2.33. The Bertz CT molecular complexity index is 640. The van der Waals surface area contributed by atoms with E-state index >= 15 is 0 Å². The summed E-state index contributed by atoms with van der Waals surface area (Å²) in [5, 5.41) is 0. The van der Waals surface area contributed by atoms with Crippen LogP contribution in [0.5, 0.6) is 11.5 Å². The van der Waals surface area contributed by atoms with Crippen molar-refractivity contribution in [1.82, 2.24) is 4.90 Å². The van der Waals surface area contributed by atoms with Crippen molar-refractivity contribution in [3.05, 3.63) is 59.9 Å². The number of methoxy groups -OCH3 is 1. The highest BCUT2D eigenvalue weighted by atomic mass is 19.1. The molecule has 2 aromatic rings. The molecule has 0 aliphatic rings. The minimum absolute atomic E-state index is 0.0924. The molecular weight excluding hydrogens is 297 g/mol. The van der Waals surface area contributed by atoms with Crippen LogP contribution in [0.15, 0.2) is 48.5 Å². The van der Waals surface area contributed by atoms with E-state index in [1.165, 1.54) is 24.3 Å². The first kappa shape index (κ1) is 16.8. The molecule has 1 amide bonds. The lowest BCUT2D eigenvalue weighted by Gasteiger charge is -2.25. The van der Waals surface area contributed by atoms with E-state index in [2.05, 4.69) is 0 Å². The fraction of sp³-hybridized carbons (Fsp3) is 0.278. The van der Waals surface area contributed by atoms with Gasteiger partial charge < -0.3 is 14.4 Å². The summed E-state index contributed by atoms with van der Waals surface area (Å²) in [4.78, 5) is 13.8. The molecular formula is C18H20FNO3. The zero-order valence-electron chi connectivity index (χ0n) is 13.5. The first-order valence-electron chi connectivity index (χ1n) is 7.29. The second-order valence-electron chi connectivity index (χ2n) is 5.20. The van der Waals surface area contributed by atoms with Gasteiger partial charge in [-0.3, -0.25) is 4.79 Å². The largest absolute Gasteiger partial charge is 0.497 e. The minimum atomic E-state index is -0.339. The summed E-state index contributed by atoms with van der Waals surface area (Å²) in [7, 11) is 3.34. The summed E-state index contributed by atoms with van der Waals surface area (Å²) < 4.78 is 23.3. The van der Waals surface area contributed by atoms with E-state index in [1.807, 2.05) is 31.2 Å². The second-order valence-corrected chi connectivity index (χ2v) is 5.20. The zero-order chi connectivity index (χ0) is 16.8. The molecule has 2 rings (SSSR count). The molecule has 0 heterocycles. The molecule has 5 heteroatoms. The zero-order valence-corrected chi connectivity index (χ0v) is 13.5. The van der Waals surface area contributed by atoms with Gasteiger partial charge in [0.25, 0.3) is 5.91 Å². The molecule has 0 saturated carbocycles. The summed E-state index contributed by atoms with van der Waals surface area (Å²) >= 11 is 0. The highest BCUT2D eigenvalue weighted by Gasteiger charge is 2.18. The van der Waals surface area contributed by atoms with Crippen molar-refractivity contribution in [1.29, 1.82) is 0 Å². The van der Waals surface area contributed by atoms with Crippen molar-refractivity contribution in [2.45, 2.75) is 13.0 Å². The maximum atomic E-state index is 12.8. The molecule has 23 heavy (non-hydrogen) atoms. The molecule has 0 saturated heterocycles. The molecule has 122 valence electrons. The maximum Gasteiger partial charge on any atom is 0.260 e. The fourth-order valence-corrected chi connectivity index (χ4v) is 2.10. The standard InChI is InChI=1S/C18H20FNO3/c1-13(14-4-8-16(22-3)9-5-14)20(2)18(21)12-23-17-10-6-15(19)7-11-17/h4-11,13H,12H2,1-3H3. The van der Waals surface area contributed by atoms with Gasteiger partial charge in [0.1, 0.15) is 17.3 Å². The lowest BCUT2D eigenvalue weighted by atomic mass is 10.1. The van der Waals surface area contributed by atoms with Gasteiger partial charge in [0, 0.05) is 7.05 Å². The monoisotopic (exact) mass is 317 g/mol. The molecule has 1 atom stereocenters. The predicted molar refractivity (Wildman–Crippen MR) is 86.1 cm³/mol. The number of benzene rings is 2. The van der Waals surface area contributed by atoms with Crippen LogP contribution in [0.4, 0.5) is 4.39 Å². The first-order valence-corrected chi connectivity index (χ1v) is 7.29. The van der Waals surface area contributed by atoms with Gasteiger partial charge in [-0.25, -0.2) is 4.39 Å². The normalized spacial score (nSPS) is 11.7. The molecule has 2 aromatic carbocycles. The quantitative estimate of drug-likeness (QED) is 0.819. The van der Waals surface area contributed by atoms with Crippen molar-refractivity contribution < 1.29 is 18.7 Å². The summed E-state index contributed by atoms with van der Waals surface area (Å²) in [5.74, 6) is 0.742. The topological polar surface area (TPSA) is 38.8 Å². The Kier molecular flexibility index (Phi) is 5.57. The van der Waals surface area contributed by atoms with Gasteiger partial charge in [-0.2, -0.15) is 0 Å². The molecule has 0 radical (unpaired) electrons. The number of halogens is 1. The second kappa shape index (κ2) is 7.63. The van der Waals surface area contributed by atoms with Crippen LogP contribution in [0, 0.1) is 5.82 Å². The van der Waals surface area contributed by atoms with Crippen molar-refractivity contribution >= 4 is 5.91 Å². The van der Waals surface area contributed by atoms with Crippen molar-refractivity contribution in [3.8, 4) is 11.5 Å². The molecule has 0 N–H and O–H groups in total. The molecule has 0 aromatic heterocycles. The van der Waals surface area contributed by atoms with Crippen LogP contribution in [0.1, 0.15) is 18.5 Å². The molecule has 0 spiro atoms. The number of carbonyl (C=O) groups excluding carboxylic acids is 1. The van der Waals surface area contributed by atoms with Gasteiger partial charge in [-0.05, 0) is 48.9 Å². The Balaban J connectivity index is 1.93. The summed E-state index contributed by atoms with van der Waals surface area (Å²) in [5.41, 5.74) is 1.00. The van der Waals surface area contributed by atoms with Crippen LogP contribution < -0.4 is 9.47 Å². The van der Waals surface area contributed by atoms with Crippen molar-refractivity contribution in [2.24, 2.45) is 0 Å². The smallest absolute Gasteiger partial charge is 0.260 e. The number of carbonyl (C=O) groups is 1. The van der Waals surface area contributed by atoms with E-state index in [0.29, 0.717) is 5.75 Å². The fourth-order valence-electron chi connectivity index (χ4n) is 2.10. The first-order chi connectivity index (χ1) is 11.0. The number of nitrogens with zero attached hydrogens (tertiary/aromatic N) is 1. The van der Waals surface area contributed by atoms with Crippen molar-refractivity contribution in [2.75, 3.05) is 20.8 Å². The van der Waals surface area contributed by atoms with Gasteiger partial charge >= 0.3 is 0 Å². The van der Waals surface area contributed by atoms with E-state index < -0.39 is 0 Å². The highest BCUT2D eigenvalue weighted by Crippen LogP contribution is 2.22. The summed E-state index contributed by atoms with van der Waals surface area (Å²) in [6, 6.07) is 13.1. The highest BCUT2D eigenvalue weighted by molar-refractivity contribution is 5.78. The van der Waals surface area contributed by atoms with E-state index in [4.69, 9.17) is 9.47 Å². The Hall–Kier alpha value is -2.56. The SMILES string of the molecule is COc1ccc(C(C)N(C)C(=O)COc2ccc(F)cc2)cc1. The van der Waals surface area contributed by atoms with Gasteiger partial charge in [-0.1, -0.05) is 12.1 Å². The Morgan fingerprint density at radius 3 is 2.22 bits per heavy atom. The van der Waals surface area contributed by atoms with Crippen LogP contribution in [-0.4, -0.2) is 31.6 Å². The van der Waals surface area contributed by atoms with Crippen LogP contribution in [0.3, 0.4) is 0 Å². The Morgan fingerprint density at radius 2 is 1.65 bits per heavy atom. The van der Waals surface area contributed by atoms with Crippen LogP contribution >= 0.6 is 0 Å². The molecule has 1 unspecified atom stereocenters. The number of ether oxygens (including phenoxy) is 2. The molecule has 0 fully saturated rings. The average molecular weight is 317 g/mol. The van der Waals surface area contributed by atoms with E-state index in [9.17, 15) is 9.18 Å². The number of likely N-dealkylation sites (N-methyl/N-ethyl adjacent to an activating group) is 1. The summed E-state index contributed by atoms with van der Waals surface area (Å²) in [6.45, 7) is 1.85. The van der Waals surface area contributed by atoms with E-state index in [0.717, 1.165) is 11.3 Å². The van der Waals surface area contributed by atoms with Crippen LogP contribution in [0.25, 0.3) is 0 Å². The van der Waals surface area contributed by atoms with Gasteiger partial charge in [-0.15, -0.1) is 0 Å². The van der Waals surface area contributed by atoms with E-state index in [1.54, 1.807) is 19.1 Å². The minimum Gasteiger partial charge on any atom is -0.497 e. The Labute approximate surface area is 135 Å². The Morgan fingerprint density at radius 1 is 1.09 bits per heavy atom. The molecule has 0 bridgehead atoms. The number of rotatable bonds is 6. The molecule has 0 aliphatic carbocycles. The third-order valence-electron chi connectivity index (χ3n) is 3.75. The molecule has 0 aliphatic heterocycles. The van der Waals surface area contributed by atoms with Crippen LogP contribution in [0.2, 0.25) is 0 Å². The van der Waals surface area contributed by atoms with Crippen LogP contribution in [-0.2, 0) is 4.79 Å². The predicted octanol–water partition coefficient (Wildman–Crippen LogP) is 3.43. The third kappa shape index (κ3) is 4.45.